The van der Waals surface area contributed by atoms with Gasteiger partial charge >= 0.3 is 0 Å². The van der Waals surface area contributed by atoms with E-state index in [1.807, 2.05) is 6.07 Å². The van der Waals surface area contributed by atoms with Crippen LogP contribution in [0.2, 0.25) is 0 Å². The fourth-order valence-electron chi connectivity index (χ4n) is 2.68. The van der Waals surface area contributed by atoms with E-state index < -0.39 is 0 Å². The van der Waals surface area contributed by atoms with Gasteiger partial charge in [-0.1, -0.05) is 24.2 Å². The van der Waals surface area contributed by atoms with Crippen LogP contribution in [0.4, 0.5) is 10.1 Å². The minimum Gasteiger partial charge on any atom is -0.335 e. The van der Waals surface area contributed by atoms with Crippen LogP contribution in [0, 0.1) is 18.7 Å². The predicted octanol–water partition coefficient (Wildman–Crippen LogP) is 3.82. The van der Waals surface area contributed by atoms with Gasteiger partial charge in [0.1, 0.15) is 5.82 Å². The van der Waals surface area contributed by atoms with E-state index in [-0.39, 0.29) is 5.82 Å². The molecule has 1 N–H and O–H groups in total. The average molecular weight is 264 g/mol. The van der Waals surface area contributed by atoms with Crippen molar-refractivity contribution in [2.45, 2.75) is 32.2 Å². The number of aliphatic imine (C=N–C) groups is 1. The van der Waals surface area contributed by atoms with Crippen LogP contribution in [0.3, 0.4) is 0 Å². The molecule has 1 aliphatic carbocycles. The maximum atomic E-state index is 13.5. The largest absolute Gasteiger partial charge is 0.335 e. The molecule has 2 nitrogen and oxygen atoms in total. The van der Waals surface area contributed by atoms with Crippen LogP contribution in [0.5, 0.6) is 0 Å². The molecule has 1 heterocycles. The Morgan fingerprint density at radius 2 is 2.28 bits per heavy atom. The molecule has 3 rings (SSSR count). The predicted molar refractivity (Wildman–Crippen MR) is 75.8 cm³/mol. The molecular weight excluding hydrogens is 247 g/mol. The molecule has 1 fully saturated rings. The Balaban J connectivity index is 1.78. The molecule has 0 amide bonds. The summed E-state index contributed by atoms with van der Waals surface area (Å²) in [5, 5.41) is 4.23. The van der Waals surface area contributed by atoms with Gasteiger partial charge in [-0.2, -0.15) is 0 Å². The number of hydrogen-bond acceptors (Lipinski definition) is 3. The normalized spacial score (nSPS) is 26.7. The number of fused-ring (bicyclic) bond motifs is 1. The van der Waals surface area contributed by atoms with Gasteiger partial charge in [-0.05, 0) is 37.8 Å². The number of thioether (sulfide) groups is 1. The van der Waals surface area contributed by atoms with Crippen LogP contribution in [0.15, 0.2) is 23.2 Å². The summed E-state index contributed by atoms with van der Waals surface area (Å²) >= 11 is 1.77. The van der Waals surface area contributed by atoms with Crippen LogP contribution in [-0.2, 0) is 0 Å². The highest BCUT2D eigenvalue weighted by Crippen LogP contribution is 2.35. The van der Waals surface area contributed by atoms with E-state index in [9.17, 15) is 4.39 Å². The van der Waals surface area contributed by atoms with Crippen LogP contribution in [-0.4, -0.2) is 17.0 Å². The molecule has 1 aromatic carbocycles. The van der Waals surface area contributed by atoms with Crippen molar-refractivity contribution in [1.29, 1.82) is 0 Å². The first-order chi connectivity index (χ1) is 8.74. The molecule has 1 saturated carbocycles. The van der Waals surface area contributed by atoms with E-state index in [4.69, 9.17) is 4.99 Å². The van der Waals surface area contributed by atoms with Gasteiger partial charge in [0, 0.05) is 17.0 Å². The van der Waals surface area contributed by atoms with E-state index in [1.165, 1.54) is 25.3 Å². The van der Waals surface area contributed by atoms with Crippen molar-refractivity contribution >= 4 is 22.6 Å². The van der Waals surface area contributed by atoms with Gasteiger partial charge in [-0.15, -0.1) is 0 Å². The number of amidine groups is 1. The summed E-state index contributed by atoms with van der Waals surface area (Å²) in [4.78, 5) is 4.76. The molecule has 0 radical (unpaired) electrons. The monoisotopic (exact) mass is 264 g/mol. The average Bonchev–Trinajstić information content (AvgIpc) is 2.82. The molecule has 1 aromatic rings. The lowest BCUT2D eigenvalue weighted by Gasteiger charge is -2.24. The molecule has 0 bridgehead atoms. The minimum atomic E-state index is -0.167. The third-order valence-electron chi connectivity index (χ3n) is 3.85. The third-order valence-corrected chi connectivity index (χ3v) is 4.92. The topological polar surface area (TPSA) is 24.4 Å². The standard InChI is InChI=1S/C14H17FN2S/c1-9-11(15)5-3-6-12(9)16-14-17-13-7-2-4-10(13)8-18-14/h3,5-6,10,13H,2,4,7-8H2,1H3,(H,16,17). The SMILES string of the molecule is Cc1c(F)cccc1NC1=NC2CCCC2CS1. The quantitative estimate of drug-likeness (QED) is 0.834. The maximum Gasteiger partial charge on any atom is 0.161 e. The van der Waals surface area contributed by atoms with E-state index >= 15 is 0 Å². The Hall–Kier alpha value is -1.03. The smallest absolute Gasteiger partial charge is 0.161 e. The fourth-order valence-corrected chi connectivity index (χ4v) is 3.83. The van der Waals surface area contributed by atoms with E-state index in [0.717, 1.165) is 22.5 Å². The number of nitrogens with zero attached hydrogens (tertiary/aromatic N) is 1. The summed E-state index contributed by atoms with van der Waals surface area (Å²) in [5.74, 6) is 1.74. The van der Waals surface area contributed by atoms with Crippen LogP contribution in [0.25, 0.3) is 0 Å². The number of nitrogens with one attached hydrogen (secondary N) is 1. The Labute approximate surface area is 111 Å². The second-order valence-corrected chi connectivity index (χ2v) is 6.05. The van der Waals surface area contributed by atoms with Gasteiger partial charge < -0.3 is 5.32 Å². The molecule has 4 heteroatoms. The fraction of sp³-hybridized carbons (Fsp3) is 0.500. The second-order valence-electron chi connectivity index (χ2n) is 5.04. The van der Waals surface area contributed by atoms with Crippen LogP contribution in [0.1, 0.15) is 24.8 Å². The first-order valence-corrected chi connectivity index (χ1v) is 7.45. The molecule has 0 saturated heterocycles. The van der Waals surface area contributed by atoms with Crippen molar-refractivity contribution < 1.29 is 4.39 Å². The number of anilines is 1. The van der Waals surface area contributed by atoms with Crippen LogP contribution < -0.4 is 5.32 Å². The van der Waals surface area contributed by atoms with Gasteiger partial charge in [-0.3, -0.25) is 4.99 Å². The number of hydrogen-bond donors (Lipinski definition) is 1. The Bertz CT molecular complexity index is 487. The Morgan fingerprint density at radius 1 is 1.39 bits per heavy atom. The molecule has 2 aliphatic rings. The van der Waals surface area contributed by atoms with Gasteiger partial charge in [0.25, 0.3) is 0 Å². The molecule has 2 unspecified atom stereocenters. The second kappa shape index (κ2) is 4.92. The van der Waals surface area contributed by atoms with Crippen molar-refractivity contribution in [3.63, 3.8) is 0 Å². The molecular formula is C14H17FN2S. The van der Waals surface area contributed by atoms with Crippen molar-refractivity contribution in [2.24, 2.45) is 10.9 Å². The summed E-state index contributed by atoms with van der Waals surface area (Å²) < 4.78 is 13.5. The lowest BCUT2D eigenvalue weighted by molar-refractivity contribution is 0.535. The summed E-state index contributed by atoms with van der Waals surface area (Å²) in [6.07, 6.45) is 3.82. The van der Waals surface area contributed by atoms with Crippen molar-refractivity contribution in [1.82, 2.24) is 0 Å². The lowest BCUT2D eigenvalue weighted by Crippen LogP contribution is -2.25. The van der Waals surface area contributed by atoms with Gasteiger partial charge in [0.15, 0.2) is 5.17 Å². The summed E-state index contributed by atoms with van der Waals surface area (Å²) in [7, 11) is 0. The summed E-state index contributed by atoms with van der Waals surface area (Å²) in [6.45, 7) is 1.80. The van der Waals surface area contributed by atoms with Crippen molar-refractivity contribution in [3.05, 3.63) is 29.6 Å². The molecule has 18 heavy (non-hydrogen) atoms. The maximum absolute atomic E-state index is 13.5. The van der Waals surface area contributed by atoms with Gasteiger partial charge in [-0.25, -0.2) is 4.39 Å². The molecule has 2 atom stereocenters. The van der Waals surface area contributed by atoms with Gasteiger partial charge in [0.05, 0.1) is 6.04 Å². The molecule has 0 aromatic heterocycles. The molecule has 0 spiro atoms. The van der Waals surface area contributed by atoms with Gasteiger partial charge in [0.2, 0.25) is 0 Å². The summed E-state index contributed by atoms with van der Waals surface area (Å²) in [6, 6.07) is 5.62. The lowest BCUT2D eigenvalue weighted by atomic mass is 10.1. The van der Waals surface area contributed by atoms with Crippen molar-refractivity contribution in [2.75, 3.05) is 11.1 Å². The first kappa shape index (κ1) is 12.0. The number of rotatable bonds is 1. The zero-order valence-electron chi connectivity index (χ0n) is 10.4. The molecule has 1 aliphatic heterocycles. The van der Waals surface area contributed by atoms with E-state index in [1.54, 1.807) is 24.8 Å². The number of halogens is 1. The van der Waals surface area contributed by atoms with Crippen LogP contribution >= 0.6 is 11.8 Å². The Kier molecular flexibility index (Phi) is 3.29. The molecule has 96 valence electrons. The van der Waals surface area contributed by atoms with Crippen molar-refractivity contribution in [3.8, 4) is 0 Å². The minimum absolute atomic E-state index is 0.167. The van der Waals surface area contributed by atoms with E-state index in [0.29, 0.717) is 11.6 Å². The third kappa shape index (κ3) is 2.26. The highest BCUT2D eigenvalue weighted by Gasteiger charge is 2.31. The summed E-state index contributed by atoms with van der Waals surface area (Å²) in [5.41, 5.74) is 1.49. The highest BCUT2D eigenvalue weighted by atomic mass is 32.2. The zero-order valence-corrected chi connectivity index (χ0v) is 11.3. The zero-order chi connectivity index (χ0) is 12.5. The highest BCUT2D eigenvalue weighted by molar-refractivity contribution is 8.14. The van der Waals surface area contributed by atoms with E-state index in [2.05, 4.69) is 5.32 Å². The first-order valence-electron chi connectivity index (χ1n) is 6.47. The number of benzene rings is 1. The Morgan fingerprint density at radius 3 is 3.17 bits per heavy atom.